The molecule has 1 aliphatic rings. The summed E-state index contributed by atoms with van der Waals surface area (Å²) in [7, 11) is 2.91. The Bertz CT molecular complexity index is 1420. The summed E-state index contributed by atoms with van der Waals surface area (Å²) in [5.74, 6) is -0.716. The third-order valence-corrected chi connectivity index (χ3v) is 6.23. The van der Waals surface area contributed by atoms with E-state index < -0.39 is 11.8 Å². The molecule has 0 aliphatic carbocycles. The Morgan fingerprint density at radius 2 is 1.68 bits per heavy atom. The maximum absolute atomic E-state index is 13.3. The van der Waals surface area contributed by atoms with Crippen molar-refractivity contribution < 1.29 is 23.9 Å². The van der Waals surface area contributed by atoms with E-state index in [0.717, 1.165) is 16.2 Å². The van der Waals surface area contributed by atoms with E-state index in [1.807, 2.05) is 24.3 Å². The van der Waals surface area contributed by atoms with E-state index in [1.54, 1.807) is 36.4 Å². The van der Waals surface area contributed by atoms with Gasteiger partial charge < -0.3 is 20.1 Å². The molecular weight excluding hydrogens is 494 g/mol. The monoisotopic (exact) mass is 519 g/mol. The molecule has 3 aromatic rings. The summed E-state index contributed by atoms with van der Waals surface area (Å²) in [6.07, 6.45) is 0. The quantitative estimate of drug-likeness (QED) is 0.381. The van der Waals surface area contributed by atoms with Gasteiger partial charge in [-0.05, 0) is 47.9 Å². The van der Waals surface area contributed by atoms with Crippen LogP contribution in [0.4, 0.5) is 17.1 Å². The predicted molar refractivity (Wildman–Crippen MR) is 143 cm³/mol. The average Bonchev–Trinajstić information content (AvgIpc) is 3.11. The smallest absolute Gasteiger partial charge is 0.283 e. The number of halogens is 1. The van der Waals surface area contributed by atoms with Gasteiger partial charge in [-0.15, -0.1) is 0 Å². The number of nitrogens with zero attached hydrogens (tertiary/aromatic N) is 1. The van der Waals surface area contributed by atoms with Crippen LogP contribution in [0, 0.1) is 0 Å². The van der Waals surface area contributed by atoms with Crippen molar-refractivity contribution in [2.45, 2.75) is 19.8 Å². The molecule has 0 unspecified atom stereocenters. The molecule has 8 nitrogen and oxygen atoms in total. The van der Waals surface area contributed by atoms with Crippen molar-refractivity contribution in [3.05, 3.63) is 88.6 Å². The zero-order valence-electron chi connectivity index (χ0n) is 20.8. The van der Waals surface area contributed by atoms with Gasteiger partial charge in [0.1, 0.15) is 22.2 Å². The fraction of sp³-hybridized carbons (Fsp3) is 0.179. The topological polar surface area (TPSA) is 97.0 Å². The van der Waals surface area contributed by atoms with E-state index in [4.69, 9.17) is 21.1 Å². The summed E-state index contributed by atoms with van der Waals surface area (Å²) in [6, 6.07) is 18.9. The summed E-state index contributed by atoms with van der Waals surface area (Å²) >= 11 is 6.30. The van der Waals surface area contributed by atoms with Gasteiger partial charge in [0.2, 0.25) is 0 Å². The van der Waals surface area contributed by atoms with E-state index in [0.29, 0.717) is 22.7 Å². The minimum absolute atomic E-state index is 0.112. The molecular formula is C28H26ClN3O5. The molecule has 3 amide bonds. The second-order valence-corrected chi connectivity index (χ2v) is 8.95. The molecule has 0 saturated heterocycles. The Kier molecular flexibility index (Phi) is 7.50. The number of benzene rings is 3. The van der Waals surface area contributed by atoms with Crippen LogP contribution in [0.25, 0.3) is 0 Å². The molecule has 3 aromatic carbocycles. The molecule has 4 rings (SSSR count). The number of anilines is 3. The van der Waals surface area contributed by atoms with E-state index in [9.17, 15) is 14.4 Å². The molecule has 0 spiro atoms. The Balaban J connectivity index is 1.58. The first kappa shape index (κ1) is 25.8. The van der Waals surface area contributed by atoms with Crippen LogP contribution < -0.4 is 25.0 Å². The molecule has 0 saturated carbocycles. The third kappa shape index (κ3) is 5.15. The average molecular weight is 520 g/mol. The minimum atomic E-state index is -0.708. The highest BCUT2D eigenvalue weighted by Gasteiger charge is 2.40. The van der Waals surface area contributed by atoms with Gasteiger partial charge in [-0.3, -0.25) is 14.4 Å². The normalized spacial score (nSPS) is 13.3. The van der Waals surface area contributed by atoms with Crippen LogP contribution in [-0.4, -0.2) is 31.9 Å². The highest BCUT2D eigenvalue weighted by atomic mass is 35.5. The van der Waals surface area contributed by atoms with Crippen LogP contribution in [0.2, 0.25) is 0 Å². The number of nitrogens with one attached hydrogen (secondary N) is 2. The fourth-order valence-corrected chi connectivity index (χ4v) is 4.21. The van der Waals surface area contributed by atoms with Crippen LogP contribution in [0.1, 0.15) is 35.7 Å². The van der Waals surface area contributed by atoms with Gasteiger partial charge in [0.25, 0.3) is 17.7 Å². The van der Waals surface area contributed by atoms with Gasteiger partial charge in [0, 0.05) is 23.0 Å². The number of para-hydroxylation sites is 1. The van der Waals surface area contributed by atoms with E-state index in [-0.39, 0.29) is 28.2 Å². The zero-order chi connectivity index (χ0) is 26.7. The van der Waals surface area contributed by atoms with Gasteiger partial charge in [-0.1, -0.05) is 49.7 Å². The Hall–Kier alpha value is -4.30. The number of imide groups is 1. The molecule has 1 heterocycles. The number of carbonyl (C=O) groups excluding carboxylic acids is 3. The maximum atomic E-state index is 13.3. The molecule has 37 heavy (non-hydrogen) atoms. The lowest BCUT2D eigenvalue weighted by Gasteiger charge is -2.19. The summed E-state index contributed by atoms with van der Waals surface area (Å²) in [6.45, 7) is 4.11. The van der Waals surface area contributed by atoms with Crippen molar-refractivity contribution in [1.82, 2.24) is 0 Å². The molecule has 0 aromatic heterocycles. The van der Waals surface area contributed by atoms with Crippen molar-refractivity contribution in [2.75, 3.05) is 29.8 Å². The molecule has 0 radical (unpaired) electrons. The number of carbonyl (C=O) groups is 3. The second kappa shape index (κ2) is 10.8. The number of rotatable bonds is 8. The number of methoxy groups -OCH3 is 2. The fourth-order valence-electron chi connectivity index (χ4n) is 3.99. The van der Waals surface area contributed by atoms with Crippen molar-refractivity contribution in [1.29, 1.82) is 0 Å². The molecule has 0 fully saturated rings. The first-order valence-corrected chi connectivity index (χ1v) is 11.9. The van der Waals surface area contributed by atoms with Crippen LogP contribution in [0.3, 0.4) is 0 Å². The summed E-state index contributed by atoms with van der Waals surface area (Å²) < 4.78 is 10.6. The van der Waals surface area contributed by atoms with Gasteiger partial charge in [-0.2, -0.15) is 0 Å². The Morgan fingerprint density at radius 1 is 0.919 bits per heavy atom. The van der Waals surface area contributed by atoms with Gasteiger partial charge >= 0.3 is 0 Å². The SMILES string of the molecule is COc1ccc(OC)c(N2C(=O)C(Cl)=C(Nc3cccc(C(=O)Nc4ccccc4C(C)C)c3)C2=O)c1. The first-order chi connectivity index (χ1) is 17.7. The molecule has 9 heteroatoms. The maximum Gasteiger partial charge on any atom is 0.283 e. The lowest BCUT2D eigenvalue weighted by Crippen LogP contribution is -2.32. The van der Waals surface area contributed by atoms with E-state index >= 15 is 0 Å². The molecule has 0 atom stereocenters. The molecule has 1 aliphatic heterocycles. The van der Waals surface area contributed by atoms with Crippen molar-refractivity contribution in [3.8, 4) is 11.5 Å². The van der Waals surface area contributed by atoms with Crippen molar-refractivity contribution >= 4 is 46.4 Å². The second-order valence-electron chi connectivity index (χ2n) is 8.57. The van der Waals surface area contributed by atoms with Crippen LogP contribution >= 0.6 is 11.6 Å². The number of hydrogen-bond acceptors (Lipinski definition) is 6. The minimum Gasteiger partial charge on any atom is -0.497 e. The Morgan fingerprint density at radius 3 is 2.38 bits per heavy atom. The first-order valence-electron chi connectivity index (χ1n) is 11.5. The van der Waals surface area contributed by atoms with Crippen molar-refractivity contribution in [2.24, 2.45) is 0 Å². The predicted octanol–water partition coefficient (Wildman–Crippen LogP) is 5.52. The summed E-state index contributed by atoms with van der Waals surface area (Å²) in [5.41, 5.74) is 2.61. The van der Waals surface area contributed by atoms with Gasteiger partial charge in [0.15, 0.2) is 0 Å². The molecule has 190 valence electrons. The van der Waals surface area contributed by atoms with Crippen LogP contribution in [-0.2, 0) is 9.59 Å². The molecule has 0 bridgehead atoms. The number of amides is 3. The Labute approximate surface area is 219 Å². The zero-order valence-corrected chi connectivity index (χ0v) is 21.6. The highest BCUT2D eigenvalue weighted by molar-refractivity contribution is 6.53. The summed E-state index contributed by atoms with van der Waals surface area (Å²) in [4.78, 5) is 40.2. The van der Waals surface area contributed by atoms with Gasteiger partial charge in [-0.25, -0.2) is 4.90 Å². The van der Waals surface area contributed by atoms with E-state index in [2.05, 4.69) is 24.5 Å². The lowest BCUT2D eigenvalue weighted by molar-refractivity contribution is -0.120. The van der Waals surface area contributed by atoms with Crippen LogP contribution in [0.15, 0.2) is 77.5 Å². The van der Waals surface area contributed by atoms with E-state index in [1.165, 1.54) is 20.3 Å². The highest BCUT2D eigenvalue weighted by Crippen LogP contribution is 2.38. The standard InChI is InChI=1S/C28H26ClN3O5/c1-16(2)20-10-5-6-11-21(20)31-26(33)17-8-7-9-18(14-17)30-25-24(29)27(34)32(28(25)35)22-15-19(36-3)12-13-23(22)37-4/h5-16,30H,1-4H3,(H,31,33). The van der Waals surface area contributed by atoms with Gasteiger partial charge in [0.05, 0.1) is 19.9 Å². The molecule has 2 N–H and O–H groups in total. The largest absolute Gasteiger partial charge is 0.497 e. The summed E-state index contributed by atoms with van der Waals surface area (Å²) in [5, 5.41) is 5.57. The lowest BCUT2D eigenvalue weighted by atomic mass is 10.0. The van der Waals surface area contributed by atoms with Crippen molar-refractivity contribution in [3.63, 3.8) is 0 Å². The number of hydrogen-bond donors (Lipinski definition) is 2. The van der Waals surface area contributed by atoms with Crippen LogP contribution in [0.5, 0.6) is 11.5 Å². The third-order valence-electron chi connectivity index (χ3n) is 5.88. The number of ether oxygens (including phenoxy) is 2.